The lowest BCUT2D eigenvalue weighted by molar-refractivity contribution is 0.296. The Morgan fingerprint density at radius 2 is 1.70 bits per heavy atom. The summed E-state index contributed by atoms with van der Waals surface area (Å²) in [6.45, 7) is 0. The Hall–Kier alpha value is -1.64. The van der Waals surface area contributed by atoms with Gasteiger partial charge < -0.3 is 5.73 Å². The molecule has 0 aromatic heterocycles. The van der Waals surface area contributed by atoms with E-state index in [0.717, 1.165) is 25.7 Å². The summed E-state index contributed by atoms with van der Waals surface area (Å²) < 4.78 is 0. The van der Waals surface area contributed by atoms with Gasteiger partial charge in [-0.15, -0.1) is 0 Å². The van der Waals surface area contributed by atoms with Crippen molar-refractivity contribution in [2.24, 2.45) is 5.73 Å². The summed E-state index contributed by atoms with van der Waals surface area (Å²) in [5.74, 6) is 0. The van der Waals surface area contributed by atoms with Crippen molar-refractivity contribution in [3.63, 3.8) is 0 Å². The minimum absolute atomic E-state index is 0.362. The molecule has 0 saturated carbocycles. The molecule has 2 aliphatic rings. The smallest absolute Gasteiger partial charge is 0.0935 e. The Bertz CT molecular complexity index is 649. The second-order valence-electron chi connectivity index (χ2n) is 6.06. The lowest BCUT2D eigenvalue weighted by Crippen LogP contribution is -2.49. The summed E-state index contributed by atoms with van der Waals surface area (Å²) in [6.07, 6.45) is 4.38. The van der Waals surface area contributed by atoms with Crippen molar-refractivity contribution in [2.75, 3.05) is 0 Å². The lowest BCUT2D eigenvalue weighted by Gasteiger charge is -2.31. The van der Waals surface area contributed by atoms with Gasteiger partial charge in [0.25, 0.3) is 0 Å². The Morgan fingerprint density at radius 3 is 2.60 bits per heavy atom. The topological polar surface area (TPSA) is 38.0 Å². The standard InChI is InChI=1S/C18H20N2/c19-18(12-11-14-6-2-4-8-16(14)18)20-17-10-9-13-5-1-3-7-15(13)17/h1-8,17,20H,9-12,19H2. The zero-order valence-corrected chi connectivity index (χ0v) is 11.6. The molecule has 2 aromatic rings. The number of hydrogen-bond donors (Lipinski definition) is 2. The zero-order valence-electron chi connectivity index (χ0n) is 11.6. The Morgan fingerprint density at radius 1 is 0.950 bits per heavy atom. The molecule has 0 saturated heterocycles. The molecule has 0 radical (unpaired) electrons. The van der Waals surface area contributed by atoms with Crippen LogP contribution >= 0.6 is 0 Å². The van der Waals surface area contributed by atoms with Gasteiger partial charge >= 0.3 is 0 Å². The molecule has 2 atom stereocenters. The second-order valence-corrected chi connectivity index (χ2v) is 6.06. The molecule has 2 nitrogen and oxygen atoms in total. The van der Waals surface area contributed by atoms with E-state index in [1.54, 1.807) is 0 Å². The molecular formula is C18H20N2. The van der Waals surface area contributed by atoms with Gasteiger partial charge in [-0.05, 0) is 47.9 Å². The first kappa shape index (κ1) is 12.1. The fraction of sp³-hybridized carbons (Fsp3) is 0.333. The normalized spacial score (nSPS) is 27.4. The van der Waals surface area contributed by atoms with E-state index in [4.69, 9.17) is 5.73 Å². The van der Waals surface area contributed by atoms with Crippen LogP contribution in [0.25, 0.3) is 0 Å². The van der Waals surface area contributed by atoms with Crippen LogP contribution in [0.15, 0.2) is 48.5 Å². The average Bonchev–Trinajstić information content (AvgIpc) is 3.03. The van der Waals surface area contributed by atoms with E-state index >= 15 is 0 Å². The molecule has 0 amide bonds. The van der Waals surface area contributed by atoms with E-state index < -0.39 is 0 Å². The van der Waals surface area contributed by atoms with E-state index in [-0.39, 0.29) is 5.66 Å². The van der Waals surface area contributed by atoms with Crippen LogP contribution in [0.5, 0.6) is 0 Å². The molecule has 2 unspecified atom stereocenters. The van der Waals surface area contributed by atoms with Crippen LogP contribution in [0.1, 0.15) is 41.1 Å². The summed E-state index contributed by atoms with van der Waals surface area (Å²) in [4.78, 5) is 0. The van der Waals surface area contributed by atoms with Gasteiger partial charge in [0, 0.05) is 6.04 Å². The molecular weight excluding hydrogens is 244 g/mol. The first-order chi connectivity index (χ1) is 9.76. The maximum Gasteiger partial charge on any atom is 0.0935 e. The minimum atomic E-state index is -0.362. The van der Waals surface area contributed by atoms with Gasteiger partial charge in [0.2, 0.25) is 0 Å². The molecule has 3 N–H and O–H groups in total. The molecule has 0 bridgehead atoms. The molecule has 102 valence electrons. The third kappa shape index (κ3) is 1.80. The number of fused-ring (bicyclic) bond motifs is 2. The Labute approximate surface area is 120 Å². The number of benzene rings is 2. The number of nitrogens with two attached hydrogens (primary N) is 1. The summed E-state index contributed by atoms with van der Waals surface area (Å²) in [7, 11) is 0. The highest BCUT2D eigenvalue weighted by Crippen LogP contribution is 2.38. The maximum absolute atomic E-state index is 6.70. The van der Waals surface area contributed by atoms with Gasteiger partial charge in [0.15, 0.2) is 0 Å². The van der Waals surface area contributed by atoms with Crippen molar-refractivity contribution in [2.45, 2.75) is 37.4 Å². The minimum Gasteiger partial charge on any atom is -0.309 e. The van der Waals surface area contributed by atoms with E-state index in [9.17, 15) is 0 Å². The molecule has 2 heteroatoms. The van der Waals surface area contributed by atoms with Crippen molar-refractivity contribution in [3.05, 3.63) is 70.8 Å². The first-order valence-corrected chi connectivity index (χ1v) is 7.49. The SMILES string of the molecule is NC1(NC2CCc3ccccc32)CCc2ccccc21. The van der Waals surface area contributed by atoms with Crippen LogP contribution in [0, 0.1) is 0 Å². The number of aryl methyl sites for hydroxylation is 2. The van der Waals surface area contributed by atoms with Crippen molar-refractivity contribution >= 4 is 0 Å². The maximum atomic E-state index is 6.70. The fourth-order valence-corrected chi connectivity index (χ4v) is 3.81. The molecule has 2 aromatic carbocycles. The van der Waals surface area contributed by atoms with Crippen molar-refractivity contribution in [3.8, 4) is 0 Å². The van der Waals surface area contributed by atoms with Crippen LogP contribution < -0.4 is 11.1 Å². The highest BCUT2D eigenvalue weighted by Gasteiger charge is 2.37. The van der Waals surface area contributed by atoms with Gasteiger partial charge in [-0.1, -0.05) is 48.5 Å². The predicted octanol–water partition coefficient (Wildman–Crippen LogP) is 3.02. The molecule has 20 heavy (non-hydrogen) atoms. The van der Waals surface area contributed by atoms with Crippen LogP contribution in [0.4, 0.5) is 0 Å². The van der Waals surface area contributed by atoms with Gasteiger partial charge in [0.1, 0.15) is 0 Å². The molecule has 0 heterocycles. The summed E-state index contributed by atoms with van der Waals surface area (Å²) in [6, 6.07) is 17.7. The third-order valence-electron chi connectivity index (χ3n) is 4.85. The fourth-order valence-electron chi connectivity index (χ4n) is 3.81. The third-order valence-corrected chi connectivity index (χ3v) is 4.85. The van der Waals surface area contributed by atoms with Crippen LogP contribution in [-0.2, 0) is 18.5 Å². The van der Waals surface area contributed by atoms with Crippen molar-refractivity contribution in [1.29, 1.82) is 0 Å². The second kappa shape index (κ2) is 4.44. The molecule has 4 rings (SSSR count). The Balaban J connectivity index is 1.65. The van der Waals surface area contributed by atoms with Gasteiger partial charge in [-0.2, -0.15) is 0 Å². The molecule has 0 aliphatic heterocycles. The zero-order chi connectivity index (χ0) is 13.6. The molecule has 0 spiro atoms. The highest BCUT2D eigenvalue weighted by atomic mass is 15.1. The van der Waals surface area contributed by atoms with Gasteiger partial charge in [-0.3, -0.25) is 5.32 Å². The number of rotatable bonds is 2. The molecule has 2 aliphatic carbocycles. The quantitative estimate of drug-likeness (QED) is 0.818. The van der Waals surface area contributed by atoms with E-state index in [1.165, 1.54) is 22.3 Å². The lowest BCUT2D eigenvalue weighted by atomic mass is 9.99. The average molecular weight is 264 g/mol. The largest absolute Gasteiger partial charge is 0.309 e. The predicted molar refractivity (Wildman–Crippen MR) is 81.3 cm³/mol. The molecule has 0 fully saturated rings. The highest BCUT2D eigenvalue weighted by molar-refractivity contribution is 5.40. The summed E-state index contributed by atoms with van der Waals surface area (Å²) in [5, 5.41) is 3.74. The van der Waals surface area contributed by atoms with E-state index in [1.807, 2.05) is 0 Å². The van der Waals surface area contributed by atoms with Crippen LogP contribution in [-0.4, -0.2) is 0 Å². The van der Waals surface area contributed by atoms with Gasteiger partial charge in [0.05, 0.1) is 5.66 Å². The van der Waals surface area contributed by atoms with Crippen LogP contribution in [0.2, 0.25) is 0 Å². The van der Waals surface area contributed by atoms with Crippen molar-refractivity contribution in [1.82, 2.24) is 5.32 Å². The number of hydrogen-bond acceptors (Lipinski definition) is 2. The van der Waals surface area contributed by atoms with Gasteiger partial charge in [-0.25, -0.2) is 0 Å². The van der Waals surface area contributed by atoms with E-state index in [0.29, 0.717) is 6.04 Å². The Kier molecular flexibility index (Phi) is 2.69. The monoisotopic (exact) mass is 264 g/mol. The summed E-state index contributed by atoms with van der Waals surface area (Å²) >= 11 is 0. The number of nitrogens with one attached hydrogen (secondary N) is 1. The first-order valence-electron chi connectivity index (χ1n) is 7.49. The van der Waals surface area contributed by atoms with Crippen molar-refractivity contribution < 1.29 is 0 Å². The summed E-state index contributed by atoms with van der Waals surface area (Å²) in [5.41, 5.74) is 11.9. The van der Waals surface area contributed by atoms with E-state index in [2.05, 4.69) is 53.8 Å². The van der Waals surface area contributed by atoms with Crippen LogP contribution in [0.3, 0.4) is 0 Å².